The Morgan fingerprint density at radius 2 is 2.20 bits per heavy atom. The lowest BCUT2D eigenvalue weighted by Gasteiger charge is -2.40. The molecule has 2 fully saturated rings. The number of rotatable bonds is 3. The summed E-state index contributed by atoms with van der Waals surface area (Å²) in [5.41, 5.74) is 0.0949. The highest BCUT2D eigenvalue weighted by Gasteiger charge is 2.36. The van der Waals surface area contributed by atoms with Gasteiger partial charge in [-0.25, -0.2) is 0 Å². The molecular weight excluding hydrogens is 256 g/mol. The van der Waals surface area contributed by atoms with Crippen molar-refractivity contribution in [3.05, 3.63) is 0 Å². The number of amides is 1. The Morgan fingerprint density at radius 1 is 1.45 bits per heavy atom. The first-order chi connectivity index (χ1) is 9.38. The molecule has 2 heterocycles. The largest absolute Gasteiger partial charge is 0.392 e. The maximum Gasteiger partial charge on any atom is 0.237 e. The summed E-state index contributed by atoms with van der Waals surface area (Å²) in [7, 11) is 0. The molecule has 0 aliphatic carbocycles. The number of carbonyl (C=O) groups is 1. The smallest absolute Gasteiger partial charge is 0.237 e. The highest BCUT2D eigenvalue weighted by atomic mass is 16.5. The second-order valence-electron chi connectivity index (χ2n) is 7.16. The van der Waals surface area contributed by atoms with Crippen molar-refractivity contribution in [1.29, 1.82) is 0 Å². The number of carbonyl (C=O) groups excluding carboxylic acids is 1. The van der Waals surface area contributed by atoms with Crippen LogP contribution in [0.1, 0.15) is 40.0 Å². The average molecular weight is 284 g/mol. The molecule has 4 unspecified atom stereocenters. The Bertz CT molecular complexity index is 341. The lowest BCUT2D eigenvalue weighted by Crippen LogP contribution is -2.48. The molecule has 2 saturated heterocycles. The second-order valence-corrected chi connectivity index (χ2v) is 7.16. The molecule has 0 aromatic carbocycles. The zero-order chi connectivity index (χ0) is 14.8. The van der Waals surface area contributed by atoms with E-state index >= 15 is 0 Å². The number of ether oxygens (including phenoxy) is 1. The molecule has 2 aliphatic rings. The average Bonchev–Trinajstić information content (AvgIpc) is 2.82. The molecule has 4 atom stereocenters. The quantitative estimate of drug-likeness (QED) is 0.712. The van der Waals surface area contributed by atoms with Gasteiger partial charge < -0.3 is 20.5 Å². The van der Waals surface area contributed by atoms with Gasteiger partial charge in [-0.2, -0.15) is 0 Å². The Kier molecular flexibility index (Phi) is 5.04. The second kappa shape index (κ2) is 6.41. The summed E-state index contributed by atoms with van der Waals surface area (Å²) in [6.45, 7) is 8.55. The van der Waals surface area contributed by atoms with Gasteiger partial charge in [0, 0.05) is 25.6 Å². The standard InChI is InChI=1S/C15H28N2O3/c1-15(2,3)13-10(5-4-6-20-13)8-17-14(19)12-7-11(18)9-16-12/h10-13,16,18H,4-9H2,1-3H3,(H,17,19). The number of β-amino-alcohol motifs (C(OH)–C–C–N with tert-alkyl or cyclic N) is 1. The van der Waals surface area contributed by atoms with E-state index in [1.165, 1.54) is 0 Å². The molecule has 5 heteroatoms. The number of hydrogen-bond donors (Lipinski definition) is 3. The van der Waals surface area contributed by atoms with Crippen LogP contribution in [0.15, 0.2) is 0 Å². The van der Waals surface area contributed by atoms with Crippen LogP contribution in [0, 0.1) is 11.3 Å². The third-order valence-corrected chi connectivity index (χ3v) is 4.26. The Labute approximate surface area is 121 Å². The molecule has 116 valence electrons. The molecule has 0 aromatic heterocycles. The fourth-order valence-electron chi connectivity index (χ4n) is 3.28. The summed E-state index contributed by atoms with van der Waals surface area (Å²) in [5.74, 6) is 0.374. The van der Waals surface area contributed by atoms with Gasteiger partial charge in [-0.05, 0) is 24.7 Å². The van der Waals surface area contributed by atoms with E-state index < -0.39 is 6.10 Å². The van der Waals surface area contributed by atoms with E-state index in [-0.39, 0.29) is 23.5 Å². The van der Waals surface area contributed by atoms with Crippen LogP contribution in [0.3, 0.4) is 0 Å². The number of hydrogen-bond acceptors (Lipinski definition) is 4. The van der Waals surface area contributed by atoms with Crippen LogP contribution < -0.4 is 10.6 Å². The normalized spacial score (nSPS) is 35.0. The van der Waals surface area contributed by atoms with Crippen LogP contribution in [0.25, 0.3) is 0 Å². The number of nitrogens with one attached hydrogen (secondary N) is 2. The Hall–Kier alpha value is -0.650. The zero-order valence-corrected chi connectivity index (χ0v) is 12.8. The van der Waals surface area contributed by atoms with E-state index in [1.807, 2.05) is 0 Å². The first-order valence-corrected chi connectivity index (χ1v) is 7.68. The summed E-state index contributed by atoms with van der Waals surface area (Å²) in [6.07, 6.45) is 2.47. The lowest BCUT2D eigenvalue weighted by atomic mass is 9.78. The molecule has 0 saturated carbocycles. The number of aliphatic hydroxyl groups excluding tert-OH is 1. The van der Waals surface area contributed by atoms with E-state index in [2.05, 4.69) is 31.4 Å². The van der Waals surface area contributed by atoms with Crippen molar-refractivity contribution in [2.75, 3.05) is 19.7 Å². The molecular formula is C15H28N2O3. The molecule has 0 spiro atoms. The molecule has 1 amide bonds. The van der Waals surface area contributed by atoms with E-state index in [9.17, 15) is 9.90 Å². The molecule has 2 rings (SSSR count). The third kappa shape index (κ3) is 3.93. The van der Waals surface area contributed by atoms with Crippen LogP contribution >= 0.6 is 0 Å². The van der Waals surface area contributed by atoms with Gasteiger partial charge in [-0.1, -0.05) is 20.8 Å². The summed E-state index contributed by atoms with van der Waals surface area (Å²) < 4.78 is 5.92. The highest BCUT2D eigenvalue weighted by molar-refractivity contribution is 5.82. The van der Waals surface area contributed by atoms with Gasteiger partial charge in [0.25, 0.3) is 0 Å². The molecule has 5 nitrogen and oxygen atoms in total. The van der Waals surface area contributed by atoms with Crippen LogP contribution in [-0.4, -0.2) is 49.0 Å². The minimum Gasteiger partial charge on any atom is -0.392 e. The maximum atomic E-state index is 12.1. The fourth-order valence-corrected chi connectivity index (χ4v) is 3.28. The zero-order valence-electron chi connectivity index (χ0n) is 12.8. The van der Waals surface area contributed by atoms with Crippen molar-refractivity contribution in [3.63, 3.8) is 0 Å². The van der Waals surface area contributed by atoms with Crippen LogP contribution in [0.5, 0.6) is 0 Å². The van der Waals surface area contributed by atoms with E-state index in [0.29, 0.717) is 25.4 Å². The van der Waals surface area contributed by atoms with Crippen molar-refractivity contribution >= 4 is 5.91 Å². The first kappa shape index (κ1) is 15.7. The van der Waals surface area contributed by atoms with Gasteiger partial charge in [0.1, 0.15) is 0 Å². The summed E-state index contributed by atoms with van der Waals surface area (Å²) in [6, 6.07) is -0.248. The molecule has 3 N–H and O–H groups in total. The van der Waals surface area contributed by atoms with E-state index in [1.54, 1.807) is 0 Å². The molecule has 20 heavy (non-hydrogen) atoms. The van der Waals surface area contributed by atoms with Gasteiger partial charge in [0.15, 0.2) is 0 Å². The maximum absolute atomic E-state index is 12.1. The molecule has 2 aliphatic heterocycles. The van der Waals surface area contributed by atoms with E-state index in [4.69, 9.17) is 4.74 Å². The Morgan fingerprint density at radius 3 is 2.80 bits per heavy atom. The van der Waals surface area contributed by atoms with Gasteiger partial charge in [0.05, 0.1) is 18.2 Å². The summed E-state index contributed by atoms with van der Waals surface area (Å²) >= 11 is 0. The fraction of sp³-hybridized carbons (Fsp3) is 0.933. The van der Waals surface area contributed by atoms with Gasteiger partial charge in [0.2, 0.25) is 5.91 Å². The monoisotopic (exact) mass is 284 g/mol. The van der Waals surface area contributed by atoms with Gasteiger partial charge in [-0.15, -0.1) is 0 Å². The first-order valence-electron chi connectivity index (χ1n) is 7.68. The molecule has 0 bridgehead atoms. The van der Waals surface area contributed by atoms with Crippen molar-refractivity contribution in [3.8, 4) is 0 Å². The Balaban J connectivity index is 1.83. The van der Waals surface area contributed by atoms with Crippen LogP contribution in [-0.2, 0) is 9.53 Å². The van der Waals surface area contributed by atoms with E-state index in [0.717, 1.165) is 19.4 Å². The van der Waals surface area contributed by atoms with Gasteiger partial charge in [-0.3, -0.25) is 4.79 Å². The van der Waals surface area contributed by atoms with Crippen LogP contribution in [0.4, 0.5) is 0 Å². The summed E-state index contributed by atoms with van der Waals surface area (Å²) in [5, 5.41) is 15.5. The van der Waals surface area contributed by atoms with Crippen molar-refractivity contribution < 1.29 is 14.6 Å². The topological polar surface area (TPSA) is 70.6 Å². The predicted octanol–water partition coefficient (Wildman–Crippen LogP) is 0.667. The number of aliphatic hydroxyl groups is 1. The SMILES string of the molecule is CC(C)(C)C1OCCCC1CNC(=O)C1CC(O)CN1. The predicted molar refractivity (Wildman–Crippen MR) is 77.3 cm³/mol. The molecule has 0 aromatic rings. The summed E-state index contributed by atoms with van der Waals surface area (Å²) in [4.78, 5) is 12.1. The minimum atomic E-state index is -0.397. The highest BCUT2D eigenvalue weighted by Crippen LogP contribution is 2.33. The van der Waals surface area contributed by atoms with Crippen LogP contribution in [0.2, 0.25) is 0 Å². The molecule has 0 radical (unpaired) electrons. The third-order valence-electron chi connectivity index (χ3n) is 4.26. The lowest BCUT2D eigenvalue weighted by molar-refractivity contribution is -0.124. The van der Waals surface area contributed by atoms with Gasteiger partial charge >= 0.3 is 0 Å². The van der Waals surface area contributed by atoms with Crippen molar-refractivity contribution in [1.82, 2.24) is 10.6 Å². The minimum absolute atomic E-state index is 0.000201. The van der Waals surface area contributed by atoms with Crippen molar-refractivity contribution in [2.45, 2.75) is 58.3 Å². The van der Waals surface area contributed by atoms with Crippen molar-refractivity contribution in [2.24, 2.45) is 11.3 Å².